The van der Waals surface area contributed by atoms with Crippen molar-refractivity contribution in [2.45, 2.75) is 33.0 Å². The summed E-state index contributed by atoms with van der Waals surface area (Å²) >= 11 is 0. The average molecular weight is 361 g/mol. The number of carbonyl (C=O) groups is 1. The second kappa shape index (κ2) is 7.00. The molecule has 3 aromatic rings. The fourth-order valence-corrected chi connectivity index (χ4v) is 3.73. The van der Waals surface area contributed by atoms with Crippen LogP contribution in [-0.4, -0.2) is 32.2 Å². The molecule has 1 aliphatic rings. The smallest absolute Gasteiger partial charge is 0.254 e. The summed E-state index contributed by atoms with van der Waals surface area (Å²) in [5, 5.41) is 14.9. The van der Waals surface area contributed by atoms with Gasteiger partial charge in [0.1, 0.15) is 0 Å². The van der Waals surface area contributed by atoms with Crippen LogP contribution in [0.2, 0.25) is 0 Å². The van der Waals surface area contributed by atoms with Gasteiger partial charge in [-0.2, -0.15) is 5.10 Å². The maximum Gasteiger partial charge on any atom is 0.254 e. The first-order chi connectivity index (χ1) is 13.0. The zero-order valence-corrected chi connectivity index (χ0v) is 15.6. The summed E-state index contributed by atoms with van der Waals surface area (Å²) in [6.07, 6.45) is -0.642. The maximum absolute atomic E-state index is 13.0. The van der Waals surface area contributed by atoms with Gasteiger partial charge in [0, 0.05) is 17.8 Å². The van der Waals surface area contributed by atoms with E-state index < -0.39 is 6.10 Å². The van der Waals surface area contributed by atoms with Crippen LogP contribution < -0.4 is 0 Å². The summed E-state index contributed by atoms with van der Waals surface area (Å²) in [6.45, 7) is 5.47. The number of carbonyl (C=O) groups excluding carboxylic acids is 1. The van der Waals surface area contributed by atoms with Crippen molar-refractivity contribution in [3.8, 4) is 0 Å². The predicted octanol–water partition coefficient (Wildman–Crippen LogP) is 3.24. The number of aryl methyl sites for hydroxylation is 2. The number of hydrogen-bond acceptors (Lipinski definition) is 3. The van der Waals surface area contributed by atoms with Crippen LogP contribution in [-0.2, 0) is 13.1 Å². The minimum Gasteiger partial charge on any atom is -0.387 e. The molecule has 0 saturated heterocycles. The van der Waals surface area contributed by atoms with Gasteiger partial charge in [-0.1, -0.05) is 36.4 Å². The first kappa shape index (κ1) is 17.5. The lowest BCUT2D eigenvalue weighted by Crippen LogP contribution is -2.38. The number of aromatic nitrogens is 2. The molecule has 2 aromatic carbocycles. The van der Waals surface area contributed by atoms with Gasteiger partial charge in [-0.3, -0.25) is 9.48 Å². The fourth-order valence-electron chi connectivity index (χ4n) is 3.73. The first-order valence-corrected chi connectivity index (χ1v) is 9.16. The van der Waals surface area contributed by atoms with Crippen LogP contribution in [0.1, 0.15) is 44.5 Å². The predicted molar refractivity (Wildman–Crippen MR) is 103 cm³/mol. The molecule has 1 atom stereocenters. The Kier molecular flexibility index (Phi) is 4.54. The second-order valence-corrected chi connectivity index (χ2v) is 7.19. The van der Waals surface area contributed by atoms with Crippen molar-refractivity contribution in [3.05, 3.63) is 88.2 Å². The van der Waals surface area contributed by atoms with Gasteiger partial charge in [-0.15, -0.1) is 0 Å². The monoisotopic (exact) mass is 361 g/mol. The van der Waals surface area contributed by atoms with E-state index in [4.69, 9.17) is 0 Å². The van der Waals surface area contributed by atoms with E-state index in [-0.39, 0.29) is 5.91 Å². The molecule has 0 fully saturated rings. The van der Waals surface area contributed by atoms with Gasteiger partial charge in [-0.25, -0.2) is 0 Å². The molecule has 138 valence electrons. The Morgan fingerprint density at radius 2 is 1.96 bits per heavy atom. The highest BCUT2D eigenvalue weighted by Crippen LogP contribution is 2.27. The molecule has 2 heterocycles. The number of amides is 1. The van der Waals surface area contributed by atoms with Crippen LogP contribution in [0, 0.1) is 13.8 Å². The van der Waals surface area contributed by atoms with Crippen LogP contribution in [0.4, 0.5) is 0 Å². The molecule has 4 rings (SSSR count). The van der Waals surface area contributed by atoms with E-state index in [2.05, 4.69) is 5.10 Å². The van der Waals surface area contributed by atoms with Crippen molar-refractivity contribution < 1.29 is 9.90 Å². The van der Waals surface area contributed by atoms with Gasteiger partial charge in [0.25, 0.3) is 5.91 Å². The van der Waals surface area contributed by atoms with Crippen LogP contribution >= 0.6 is 0 Å². The largest absolute Gasteiger partial charge is 0.387 e. The third-order valence-electron chi connectivity index (χ3n) is 5.07. The highest BCUT2D eigenvalue weighted by atomic mass is 16.3. The van der Waals surface area contributed by atoms with Gasteiger partial charge < -0.3 is 10.0 Å². The minimum atomic E-state index is -0.642. The van der Waals surface area contributed by atoms with Gasteiger partial charge in [0.05, 0.1) is 24.9 Å². The van der Waals surface area contributed by atoms with Crippen molar-refractivity contribution >= 4 is 5.91 Å². The molecule has 1 aliphatic heterocycles. The van der Waals surface area contributed by atoms with E-state index in [1.807, 2.05) is 73.1 Å². The van der Waals surface area contributed by atoms with E-state index in [1.54, 1.807) is 4.90 Å². The normalized spacial score (nSPS) is 16.3. The fraction of sp³-hybridized carbons (Fsp3) is 0.273. The van der Waals surface area contributed by atoms with E-state index in [0.717, 1.165) is 28.1 Å². The average Bonchev–Trinajstić information content (AvgIpc) is 2.98. The Morgan fingerprint density at radius 3 is 2.74 bits per heavy atom. The summed E-state index contributed by atoms with van der Waals surface area (Å²) in [6, 6.07) is 17.5. The number of rotatable bonds is 3. The van der Waals surface area contributed by atoms with Crippen LogP contribution in [0.3, 0.4) is 0 Å². The van der Waals surface area contributed by atoms with Crippen LogP contribution in [0.15, 0.2) is 54.6 Å². The van der Waals surface area contributed by atoms with E-state index >= 15 is 0 Å². The Balaban J connectivity index is 1.55. The van der Waals surface area contributed by atoms with Crippen molar-refractivity contribution in [2.24, 2.45) is 0 Å². The molecule has 1 amide bonds. The topological polar surface area (TPSA) is 58.4 Å². The number of aliphatic hydroxyl groups excluding tert-OH is 1. The molecule has 5 heteroatoms. The molecule has 1 aromatic heterocycles. The Morgan fingerprint density at radius 1 is 1.15 bits per heavy atom. The second-order valence-electron chi connectivity index (χ2n) is 7.19. The zero-order valence-electron chi connectivity index (χ0n) is 15.6. The molecule has 27 heavy (non-hydrogen) atoms. The summed E-state index contributed by atoms with van der Waals surface area (Å²) in [4.78, 5) is 14.7. The standard InChI is InChI=1S/C22H23N3O2/c1-15-10-16(2)25(23-15)12-17-6-5-8-18(11-17)22(27)24-13-19-7-3-4-9-20(19)21(26)14-24/h3-11,21,26H,12-14H2,1-2H3/t21-/m1/s1. The van der Waals surface area contributed by atoms with Gasteiger partial charge in [0.2, 0.25) is 0 Å². The number of fused-ring (bicyclic) bond motifs is 1. The number of hydrogen-bond donors (Lipinski definition) is 1. The van der Waals surface area contributed by atoms with E-state index in [9.17, 15) is 9.90 Å². The quantitative estimate of drug-likeness (QED) is 0.779. The molecular formula is C22H23N3O2. The summed E-state index contributed by atoms with van der Waals surface area (Å²) in [5.74, 6) is -0.0567. The lowest BCUT2D eigenvalue weighted by Gasteiger charge is -2.32. The van der Waals surface area contributed by atoms with Gasteiger partial charge in [-0.05, 0) is 48.7 Å². The van der Waals surface area contributed by atoms with Crippen LogP contribution in [0.5, 0.6) is 0 Å². The Hall–Kier alpha value is -2.92. The number of aliphatic hydroxyl groups is 1. The first-order valence-electron chi connectivity index (χ1n) is 9.16. The molecule has 0 unspecified atom stereocenters. The van der Waals surface area contributed by atoms with Crippen molar-refractivity contribution in [1.82, 2.24) is 14.7 Å². The summed E-state index contributed by atoms with van der Waals surface area (Å²) < 4.78 is 1.94. The Bertz CT molecular complexity index is 993. The molecule has 1 N–H and O–H groups in total. The molecule has 0 aliphatic carbocycles. The molecule has 0 spiro atoms. The highest BCUT2D eigenvalue weighted by Gasteiger charge is 2.27. The van der Waals surface area contributed by atoms with Gasteiger partial charge in [0.15, 0.2) is 0 Å². The molecule has 5 nitrogen and oxygen atoms in total. The molecule has 0 saturated carbocycles. The Labute approximate surface area is 158 Å². The molecular weight excluding hydrogens is 338 g/mol. The van der Waals surface area contributed by atoms with E-state index in [1.165, 1.54) is 0 Å². The summed E-state index contributed by atoms with van der Waals surface area (Å²) in [7, 11) is 0. The highest BCUT2D eigenvalue weighted by molar-refractivity contribution is 5.94. The third kappa shape index (κ3) is 3.51. The lowest BCUT2D eigenvalue weighted by molar-refractivity contribution is 0.0550. The molecule has 0 bridgehead atoms. The van der Waals surface area contributed by atoms with E-state index in [0.29, 0.717) is 25.2 Å². The minimum absolute atomic E-state index is 0.0567. The number of benzene rings is 2. The van der Waals surface area contributed by atoms with Gasteiger partial charge >= 0.3 is 0 Å². The van der Waals surface area contributed by atoms with Crippen LogP contribution in [0.25, 0.3) is 0 Å². The number of nitrogens with zero attached hydrogens (tertiary/aromatic N) is 3. The van der Waals surface area contributed by atoms with Crippen molar-refractivity contribution in [3.63, 3.8) is 0 Å². The summed E-state index contributed by atoms with van der Waals surface area (Å²) in [5.41, 5.74) is 5.68. The van der Waals surface area contributed by atoms with Crippen molar-refractivity contribution in [1.29, 1.82) is 0 Å². The third-order valence-corrected chi connectivity index (χ3v) is 5.07. The SMILES string of the molecule is Cc1cc(C)n(Cc2cccc(C(=O)N3Cc4ccccc4[C@H](O)C3)c2)n1. The zero-order chi connectivity index (χ0) is 19.0. The molecule has 0 radical (unpaired) electrons. The van der Waals surface area contributed by atoms with Crippen molar-refractivity contribution in [2.75, 3.05) is 6.54 Å². The maximum atomic E-state index is 13.0. The number of β-amino-alcohol motifs (C(OH)–C–C–N with tert-alkyl or cyclic N) is 1. The lowest BCUT2D eigenvalue weighted by atomic mass is 9.97.